The third-order valence-corrected chi connectivity index (χ3v) is 4.74. The lowest BCUT2D eigenvalue weighted by Gasteiger charge is -2.11. The van der Waals surface area contributed by atoms with Gasteiger partial charge in [0.2, 0.25) is 0 Å². The quantitative estimate of drug-likeness (QED) is 0.488. The Hall–Kier alpha value is -0.240. The van der Waals surface area contributed by atoms with E-state index in [0.29, 0.717) is 19.8 Å². The number of hydrogen-bond donors (Lipinski definition) is 0. The summed E-state index contributed by atoms with van der Waals surface area (Å²) in [4.78, 5) is -0.251. The van der Waals surface area contributed by atoms with Crippen LogP contribution in [0, 0.1) is 0 Å². The highest BCUT2D eigenvalue weighted by Crippen LogP contribution is 2.37. The predicted molar refractivity (Wildman–Crippen MR) is 82.3 cm³/mol. The van der Waals surface area contributed by atoms with Crippen LogP contribution in [0.3, 0.4) is 0 Å². The second kappa shape index (κ2) is 9.02. The van der Waals surface area contributed by atoms with Crippen molar-refractivity contribution >= 4 is 42.9 Å². The Morgan fingerprint density at radius 2 is 1.76 bits per heavy atom. The molecule has 120 valence electrons. The molecule has 21 heavy (non-hydrogen) atoms. The molecule has 0 amide bonds. The average molecular weight is 378 g/mol. The van der Waals surface area contributed by atoms with E-state index in [1.54, 1.807) is 7.11 Å². The molecule has 1 rings (SSSR count). The molecule has 1 aromatic rings. The second-order valence-corrected chi connectivity index (χ2v) is 7.23. The molecule has 0 spiro atoms. The van der Waals surface area contributed by atoms with Crippen molar-refractivity contribution in [3.63, 3.8) is 0 Å². The van der Waals surface area contributed by atoms with Crippen molar-refractivity contribution in [2.24, 2.45) is 0 Å². The normalized spacial score (nSPS) is 11.6. The van der Waals surface area contributed by atoms with Crippen molar-refractivity contribution in [1.29, 1.82) is 0 Å². The first-order chi connectivity index (χ1) is 9.88. The van der Waals surface area contributed by atoms with Gasteiger partial charge in [0.1, 0.15) is 22.3 Å². The van der Waals surface area contributed by atoms with Gasteiger partial charge in [0, 0.05) is 31.0 Å². The van der Waals surface area contributed by atoms with Crippen molar-refractivity contribution in [3.05, 3.63) is 22.2 Å². The van der Waals surface area contributed by atoms with Crippen molar-refractivity contribution < 1.29 is 22.6 Å². The maximum absolute atomic E-state index is 11.3. The zero-order valence-corrected chi connectivity index (χ0v) is 14.4. The van der Waals surface area contributed by atoms with Crippen LogP contribution in [0.5, 0.6) is 5.75 Å². The minimum atomic E-state index is -3.95. The number of halogens is 3. The Kier molecular flexibility index (Phi) is 8.08. The van der Waals surface area contributed by atoms with Crippen molar-refractivity contribution in [3.8, 4) is 5.75 Å². The van der Waals surface area contributed by atoms with Gasteiger partial charge in [-0.2, -0.15) is 0 Å². The summed E-state index contributed by atoms with van der Waals surface area (Å²) in [6.45, 7) is 1.83. The fourth-order valence-corrected chi connectivity index (χ4v) is 3.22. The van der Waals surface area contributed by atoms with Gasteiger partial charge in [-0.1, -0.05) is 23.2 Å². The van der Waals surface area contributed by atoms with Gasteiger partial charge in [0.05, 0.1) is 11.6 Å². The number of hydrogen-bond acceptors (Lipinski definition) is 5. The van der Waals surface area contributed by atoms with Gasteiger partial charge < -0.3 is 14.2 Å². The van der Waals surface area contributed by atoms with Crippen LogP contribution in [-0.4, -0.2) is 42.0 Å². The molecule has 0 aromatic heterocycles. The molecule has 0 heterocycles. The summed E-state index contributed by atoms with van der Waals surface area (Å²) in [7, 11) is 2.91. The van der Waals surface area contributed by atoms with E-state index in [0.717, 1.165) is 6.42 Å². The maximum Gasteiger partial charge on any atom is 0.262 e. The number of benzene rings is 1. The monoisotopic (exact) mass is 376 g/mol. The minimum absolute atomic E-state index is 0.00206. The molecule has 0 fully saturated rings. The fourth-order valence-electron chi connectivity index (χ4n) is 1.43. The first-order valence-electron chi connectivity index (χ1n) is 6.00. The molecule has 0 aliphatic rings. The molecular formula is C12H15Cl3O5S. The van der Waals surface area contributed by atoms with Gasteiger partial charge in [-0.3, -0.25) is 0 Å². The van der Waals surface area contributed by atoms with Gasteiger partial charge >= 0.3 is 0 Å². The topological polar surface area (TPSA) is 61.8 Å². The minimum Gasteiger partial charge on any atom is -0.490 e. The van der Waals surface area contributed by atoms with Crippen LogP contribution < -0.4 is 4.74 Å². The molecule has 0 aliphatic carbocycles. The first-order valence-corrected chi connectivity index (χ1v) is 9.06. The Morgan fingerprint density at radius 1 is 1.05 bits per heavy atom. The van der Waals surface area contributed by atoms with Crippen LogP contribution in [0.2, 0.25) is 10.0 Å². The summed E-state index contributed by atoms with van der Waals surface area (Å²) in [6.07, 6.45) is 0.797. The predicted octanol–water partition coefficient (Wildman–Crippen LogP) is 3.35. The third-order valence-electron chi connectivity index (χ3n) is 2.40. The zero-order valence-electron chi connectivity index (χ0n) is 11.3. The lowest BCUT2D eigenvalue weighted by Crippen LogP contribution is -2.09. The molecule has 5 nitrogen and oxygen atoms in total. The third kappa shape index (κ3) is 6.18. The zero-order chi connectivity index (χ0) is 15.9. The van der Waals surface area contributed by atoms with E-state index in [1.807, 2.05) is 0 Å². The van der Waals surface area contributed by atoms with E-state index in [4.69, 9.17) is 48.1 Å². The lowest BCUT2D eigenvalue weighted by molar-refractivity contribution is 0.0806. The summed E-state index contributed by atoms with van der Waals surface area (Å²) in [5.41, 5.74) is 0. The van der Waals surface area contributed by atoms with E-state index < -0.39 is 9.05 Å². The van der Waals surface area contributed by atoms with Gasteiger partial charge in [0.15, 0.2) is 0 Å². The van der Waals surface area contributed by atoms with Gasteiger partial charge in [-0.05, 0) is 18.6 Å². The summed E-state index contributed by atoms with van der Waals surface area (Å²) < 4.78 is 38.1. The molecular weight excluding hydrogens is 363 g/mol. The fraction of sp³-hybridized carbons (Fsp3) is 0.500. The largest absolute Gasteiger partial charge is 0.490 e. The summed E-state index contributed by atoms with van der Waals surface area (Å²) in [5.74, 6) is 0.270. The molecule has 0 atom stereocenters. The average Bonchev–Trinajstić information content (AvgIpc) is 2.41. The van der Waals surface area contributed by atoms with E-state index in [9.17, 15) is 8.42 Å². The van der Waals surface area contributed by atoms with E-state index in [1.165, 1.54) is 12.1 Å². The highest BCUT2D eigenvalue weighted by atomic mass is 35.7. The molecule has 0 bridgehead atoms. The van der Waals surface area contributed by atoms with Gasteiger partial charge in [-0.15, -0.1) is 0 Å². The Balaban J connectivity index is 2.52. The van der Waals surface area contributed by atoms with Gasteiger partial charge in [-0.25, -0.2) is 8.42 Å². The lowest BCUT2D eigenvalue weighted by atomic mass is 10.3. The van der Waals surface area contributed by atoms with Crippen LogP contribution in [0.15, 0.2) is 17.0 Å². The van der Waals surface area contributed by atoms with Crippen molar-refractivity contribution in [1.82, 2.24) is 0 Å². The second-order valence-electron chi connectivity index (χ2n) is 3.93. The van der Waals surface area contributed by atoms with Crippen LogP contribution in [-0.2, 0) is 18.5 Å². The summed E-state index contributed by atoms with van der Waals surface area (Å²) in [6, 6.07) is 2.64. The molecule has 0 N–H and O–H groups in total. The van der Waals surface area contributed by atoms with Crippen LogP contribution in [0.25, 0.3) is 0 Å². The van der Waals surface area contributed by atoms with E-state index in [2.05, 4.69) is 0 Å². The standard InChI is InChI=1S/C12H15Cl3O5S/c1-18-5-2-6-19-7-8-20-9-3-4-10(21(15,16)17)12(14)11(9)13/h3-4H,2,5-8H2,1H3. The van der Waals surface area contributed by atoms with Crippen molar-refractivity contribution in [2.75, 3.05) is 33.5 Å². The molecule has 9 heteroatoms. The van der Waals surface area contributed by atoms with Crippen LogP contribution in [0.4, 0.5) is 0 Å². The Labute approximate surface area is 138 Å². The summed E-state index contributed by atoms with van der Waals surface area (Å²) >= 11 is 11.8. The molecule has 0 saturated heterocycles. The van der Waals surface area contributed by atoms with Crippen LogP contribution in [0.1, 0.15) is 6.42 Å². The molecule has 0 radical (unpaired) electrons. The SMILES string of the molecule is COCCCOCCOc1ccc(S(=O)(=O)Cl)c(Cl)c1Cl. The van der Waals surface area contributed by atoms with E-state index in [-0.39, 0.29) is 27.3 Å². The molecule has 0 unspecified atom stereocenters. The maximum atomic E-state index is 11.3. The Morgan fingerprint density at radius 3 is 2.38 bits per heavy atom. The van der Waals surface area contributed by atoms with Gasteiger partial charge in [0.25, 0.3) is 9.05 Å². The Bertz CT molecular complexity index is 562. The first kappa shape index (κ1) is 18.8. The number of methoxy groups -OCH3 is 1. The molecule has 1 aromatic carbocycles. The number of ether oxygens (including phenoxy) is 3. The van der Waals surface area contributed by atoms with Crippen LogP contribution >= 0.6 is 33.9 Å². The highest BCUT2D eigenvalue weighted by Gasteiger charge is 2.19. The molecule has 0 aliphatic heterocycles. The summed E-state index contributed by atoms with van der Waals surface area (Å²) in [5, 5.41) is -0.164. The number of rotatable bonds is 9. The van der Waals surface area contributed by atoms with Crippen molar-refractivity contribution in [2.45, 2.75) is 11.3 Å². The molecule has 0 saturated carbocycles. The highest BCUT2D eigenvalue weighted by molar-refractivity contribution is 8.13. The smallest absolute Gasteiger partial charge is 0.262 e. The van der Waals surface area contributed by atoms with E-state index >= 15 is 0 Å².